The molecular weight excluding hydrogens is 273 g/mol. The van der Waals surface area contributed by atoms with E-state index in [2.05, 4.69) is 10.6 Å². The van der Waals surface area contributed by atoms with Crippen molar-refractivity contribution in [1.29, 1.82) is 0 Å². The Kier molecular flexibility index (Phi) is 5.54. The molecule has 0 saturated carbocycles. The molecule has 0 aliphatic rings. The van der Waals surface area contributed by atoms with Crippen LogP contribution in [0, 0.1) is 0 Å². The third-order valence-corrected chi connectivity index (χ3v) is 2.47. The Labute approximate surface area is 114 Å². The Morgan fingerprint density at radius 3 is 2.25 bits per heavy atom. The molecule has 1 aromatic rings. The molecular formula is C13H15F3N2O2. The summed E-state index contributed by atoms with van der Waals surface area (Å²) in [5, 5.41) is 4.79. The van der Waals surface area contributed by atoms with Gasteiger partial charge >= 0.3 is 12.2 Å². The molecule has 0 fully saturated rings. The summed E-state index contributed by atoms with van der Waals surface area (Å²) in [6.07, 6.45) is -5.30. The zero-order valence-electron chi connectivity index (χ0n) is 10.9. The first-order valence-electron chi connectivity index (χ1n) is 6.00. The van der Waals surface area contributed by atoms with E-state index in [-0.39, 0.29) is 18.7 Å². The van der Waals surface area contributed by atoms with Crippen LogP contribution in [0.25, 0.3) is 0 Å². The number of amides is 2. The van der Waals surface area contributed by atoms with E-state index in [1.54, 1.807) is 24.3 Å². The second-order valence-corrected chi connectivity index (χ2v) is 4.23. The SMILES string of the molecule is CC(=O)c1ccc(NC(=O)NCCCC(F)(F)F)cc1. The fraction of sp³-hybridized carbons (Fsp3) is 0.385. The minimum absolute atomic E-state index is 0.0587. The van der Waals surface area contributed by atoms with Crippen molar-refractivity contribution in [2.75, 3.05) is 11.9 Å². The molecule has 110 valence electrons. The molecule has 20 heavy (non-hydrogen) atoms. The van der Waals surface area contributed by atoms with Crippen molar-refractivity contribution in [1.82, 2.24) is 5.32 Å². The number of hydrogen-bond acceptors (Lipinski definition) is 2. The van der Waals surface area contributed by atoms with Crippen molar-refractivity contribution < 1.29 is 22.8 Å². The van der Waals surface area contributed by atoms with Crippen LogP contribution < -0.4 is 10.6 Å². The van der Waals surface area contributed by atoms with E-state index in [1.807, 2.05) is 0 Å². The molecule has 7 heteroatoms. The third-order valence-electron chi connectivity index (χ3n) is 2.47. The molecule has 0 aromatic heterocycles. The van der Waals surface area contributed by atoms with Crippen LogP contribution in [0.2, 0.25) is 0 Å². The number of carbonyl (C=O) groups excluding carboxylic acids is 2. The summed E-state index contributed by atoms with van der Waals surface area (Å²) in [5.41, 5.74) is 0.976. The highest BCUT2D eigenvalue weighted by atomic mass is 19.4. The number of urea groups is 1. The normalized spacial score (nSPS) is 11.0. The Morgan fingerprint density at radius 1 is 1.15 bits per heavy atom. The number of carbonyl (C=O) groups is 2. The Morgan fingerprint density at radius 2 is 1.75 bits per heavy atom. The highest BCUT2D eigenvalue weighted by Crippen LogP contribution is 2.20. The monoisotopic (exact) mass is 288 g/mol. The van der Waals surface area contributed by atoms with Crippen LogP contribution in [-0.4, -0.2) is 24.5 Å². The van der Waals surface area contributed by atoms with E-state index in [9.17, 15) is 22.8 Å². The lowest BCUT2D eigenvalue weighted by molar-refractivity contribution is -0.135. The predicted molar refractivity (Wildman–Crippen MR) is 68.8 cm³/mol. The van der Waals surface area contributed by atoms with Crippen molar-refractivity contribution in [3.05, 3.63) is 29.8 Å². The van der Waals surface area contributed by atoms with Crippen LogP contribution in [0.1, 0.15) is 30.1 Å². The molecule has 0 spiro atoms. The summed E-state index contributed by atoms with van der Waals surface area (Å²) in [7, 11) is 0. The van der Waals surface area contributed by atoms with Gasteiger partial charge in [-0.2, -0.15) is 13.2 Å². The van der Waals surface area contributed by atoms with Crippen LogP contribution in [-0.2, 0) is 0 Å². The molecule has 0 heterocycles. The van der Waals surface area contributed by atoms with Crippen molar-refractivity contribution in [3.63, 3.8) is 0 Å². The van der Waals surface area contributed by atoms with Crippen LogP contribution in [0.5, 0.6) is 0 Å². The van der Waals surface area contributed by atoms with Gasteiger partial charge in [0.15, 0.2) is 5.78 Å². The van der Waals surface area contributed by atoms with Crippen LogP contribution in [0.3, 0.4) is 0 Å². The average molecular weight is 288 g/mol. The molecule has 0 unspecified atom stereocenters. The molecule has 0 saturated heterocycles. The number of rotatable bonds is 5. The van der Waals surface area contributed by atoms with Crippen molar-refractivity contribution in [3.8, 4) is 0 Å². The third kappa shape index (κ3) is 6.21. The minimum Gasteiger partial charge on any atom is -0.338 e. The quantitative estimate of drug-likeness (QED) is 0.645. The first-order valence-corrected chi connectivity index (χ1v) is 6.00. The Bertz CT molecular complexity index is 469. The molecule has 0 atom stereocenters. The molecule has 2 amide bonds. The molecule has 0 aliphatic carbocycles. The Hall–Kier alpha value is -2.05. The maximum absolute atomic E-state index is 11.9. The largest absolute Gasteiger partial charge is 0.389 e. The Balaban J connectivity index is 2.33. The van der Waals surface area contributed by atoms with Crippen LogP contribution in [0.15, 0.2) is 24.3 Å². The zero-order valence-corrected chi connectivity index (χ0v) is 10.9. The zero-order chi connectivity index (χ0) is 15.2. The maximum atomic E-state index is 11.9. The van der Waals surface area contributed by atoms with Gasteiger partial charge in [0.05, 0.1) is 0 Å². The van der Waals surface area contributed by atoms with Crippen molar-refractivity contribution in [2.45, 2.75) is 25.9 Å². The smallest absolute Gasteiger partial charge is 0.338 e. The lowest BCUT2D eigenvalue weighted by atomic mass is 10.1. The van der Waals surface area contributed by atoms with Gasteiger partial charge in [0.2, 0.25) is 0 Å². The second kappa shape index (κ2) is 6.93. The standard InChI is InChI=1S/C13H15F3N2O2/c1-9(19)10-3-5-11(6-4-10)18-12(20)17-8-2-7-13(14,15)16/h3-6H,2,7-8H2,1H3,(H2,17,18,20). The van der Waals surface area contributed by atoms with Gasteiger partial charge < -0.3 is 10.6 Å². The van der Waals surface area contributed by atoms with Crippen molar-refractivity contribution in [2.24, 2.45) is 0 Å². The number of hydrogen-bond donors (Lipinski definition) is 2. The fourth-order valence-electron chi connectivity index (χ4n) is 1.45. The summed E-state index contributed by atoms with van der Waals surface area (Å²) in [5.74, 6) is -0.0897. The number of nitrogens with one attached hydrogen (secondary N) is 2. The molecule has 0 radical (unpaired) electrons. The molecule has 0 aliphatic heterocycles. The molecule has 0 bridgehead atoms. The number of benzene rings is 1. The van der Waals surface area contributed by atoms with E-state index in [1.165, 1.54) is 6.92 Å². The topological polar surface area (TPSA) is 58.2 Å². The highest BCUT2D eigenvalue weighted by molar-refractivity contribution is 5.95. The molecule has 1 aromatic carbocycles. The van der Waals surface area contributed by atoms with Gasteiger partial charge in [-0.15, -0.1) is 0 Å². The summed E-state index contributed by atoms with van der Waals surface area (Å²) in [6, 6.07) is 5.63. The van der Waals surface area contributed by atoms with E-state index >= 15 is 0 Å². The van der Waals surface area contributed by atoms with Crippen molar-refractivity contribution >= 4 is 17.5 Å². The first kappa shape index (κ1) is 16.0. The van der Waals surface area contributed by atoms with E-state index in [0.717, 1.165) is 0 Å². The number of alkyl halides is 3. The highest BCUT2D eigenvalue weighted by Gasteiger charge is 2.25. The lowest BCUT2D eigenvalue weighted by Gasteiger charge is -2.09. The number of Topliss-reactive ketones (excluding diaryl/α,β-unsaturated/α-hetero) is 1. The van der Waals surface area contributed by atoms with Gasteiger partial charge in [0.25, 0.3) is 0 Å². The maximum Gasteiger partial charge on any atom is 0.389 e. The number of halogens is 3. The van der Waals surface area contributed by atoms with Gasteiger partial charge in [-0.25, -0.2) is 4.79 Å². The summed E-state index contributed by atoms with van der Waals surface area (Å²) >= 11 is 0. The molecule has 2 N–H and O–H groups in total. The van der Waals surface area contributed by atoms with Gasteiger partial charge in [0.1, 0.15) is 0 Å². The predicted octanol–water partition coefficient (Wildman–Crippen LogP) is 3.35. The second-order valence-electron chi connectivity index (χ2n) is 4.23. The summed E-state index contributed by atoms with van der Waals surface area (Å²) in [4.78, 5) is 22.4. The fourth-order valence-corrected chi connectivity index (χ4v) is 1.45. The van der Waals surface area contributed by atoms with Gasteiger partial charge in [0, 0.05) is 24.2 Å². The minimum atomic E-state index is -4.21. The van der Waals surface area contributed by atoms with E-state index < -0.39 is 18.6 Å². The molecule has 1 rings (SSSR count). The van der Waals surface area contributed by atoms with Gasteiger partial charge in [-0.3, -0.25) is 4.79 Å². The van der Waals surface area contributed by atoms with Crippen LogP contribution in [0.4, 0.5) is 23.7 Å². The van der Waals surface area contributed by atoms with Gasteiger partial charge in [-0.05, 0) is 37.6 Å². The van der Waals surface area contributed by atoms with Gasteiger partial charge in [-0.1, -0.05) is 0 Å². The van der Waals surface area contributed by atoms with Crippen LogP contribution >= 0.6 is 0 Å². The number of ketones is 1. The summed E-state index contributed by atoms with van der Waals surface area (Å²) < 4.78 is 35.6. The molecule has 4 nitrogen and oxygen atoms in total. The van der Waals surface area contributed by atoms with E-state index in [0.29, 0.717) is 11.3 Å². The lowest BCUT2D eigenvalue weighted by Crippen LogP contribution is -2.30. The number of anilines is 1. The average Bonchev–Trinajstić information content (AvgIpc) is 2.34. The summed E-state index contributed by atoms with van der Waals surface area (Å²) in [6.45, 7) is 1.37. The van der Waals surface area contributed by atoms with E-state index in [4.69, 9.17) is 0 Å². The first-order chi connectivity index (χ1) is 9.28.